The van der Waals surface area contributed by atoms with Crippen LogP contribution in [-0.4, -0.2) is 29.4 Å². The van der Waals surface area contributed by atoms with Gasteiger partial charge in [-0.15, -0.1) is 0 Å². The molecule has 0 bridgehead atoms. The van der Waals surface area contributed by atoms with Gasteiger partial charge in [0.1, 0.15) is 11.4 Å². The second-order valence-corrected chi connectivity index (χ2v) is 7.03. The Hall–Kier alpha value is -2.93. The largest absolute Gasteiger partial charge is 0.496 e. The van der Waals surface area contributed by atoms with Crippen molar-refractivity contribution in [2.45, 2.75) is 12.8 Å². The van der Waals surface area contributed by atoms with Crippen molar-refractivity contribution in [3.8, 4) is 17.0 Å². The number of hydrogen-bond donors (Lipinski definition) is 2. The Morgan fingerprint density at radius 1 is 1.30 bits per heavy atom. The van der Waals surface area contributed by atoms with E-state index < -0.39 is 0 Å². The van der Waals surface area contributed by atoms with Gasteiger partial charge in [-0.05, 0) is 58.1 Å². The molecule has 0 unspecified atom stereocenters. The first-order chi connectivity index (χ1) is 13.2. The Balaban J connectivity index is 1.50. The van der Waals surface area contributed by atoms with Gasteiger partial charge in [-0.2, -0.15) is 10.2 Å². The van der Waals surface area contributed by atoms with Gasteiger partial charge in [-0.3, -0.25) is 9.89 Å². The molecule has 1 aliphatic carbocycles. The van der Waals surface area contributed by atoms with Crippen LogP contribution in [0, 0.1) is 0 Å². The molecule has 7 heteroatoms. The summed E-state index contributed by atoms with van der Waals surface area (Å²) in [7, 11) is 1.61. The SMILES string of the molecule is COc1ccc(C=NNC(=O)c2[nH]nc3c2CCc2ccccc2-3)cc1Br. The van der Waals surface area contributed by atoms with Crippen LogP contribution < -0.4 is 10.2 Å². The summed E-state index contributed by atoms with van der Waals surface area (Å²) in [5.74, 6) is 0.438. The van der Waals surface area contributed by atoms with Crippen molar-refractivity contribution >= 4 is 28.1 Å². The smallest absolute Gasteiger partial charge is 0.289 e. The predicted molar refractivity (Wildman–Crippen MR) is 107 cm³/mol. The maximum atomic E-state index is 12.5. The summed E-state index contributed by atoms with van der Waals surface area (Å²) >= 11 is 3.43. The molecule has 2 N–H and O–H groups in total. The number of amides is 1. The fourth-order valence-corrected chi connectivity index (χ4v) is 3.79. The number of H-pyrrole nitrogens is 1. The number of carbonyl (C=O) groups is 1. The molecule has 0 atom stereocenters. The molecule has 136 valence electrons. The lowest BCUT2D eigenvalue weighted by atomic mass is 9.89. The number of ether oxygens (including phenoxy) is 1. The molecule has 1 aromatic heterocycles. The van der Waals surface area contributed by atoms with Crippen LogP contribution in [0.1, 0.15) is 27.2 Å². The average Bonchev–Trinajstić information content (AvgIpc) is 3.13. The van der Waals surface area contributed by atoms with E-state index in [0.717, 1.165) is 45.4 Å². The maximum absolute atomic E-state index is 12.5. The lowest BCUT2D eigenvalue weighted by Crippen LogP contribution is -2.20. The Bertz CT molecular complexity index is 1040. The van der Waals surface area contributed by atoms with Crippen molar-refractivity contribution in [1.82, 2.24) is 15.6 Å². The summed E-state index contributed by atoms with van der Waals surface area (Å²) in [5, 5.41) is 11.3. The van der Waals surface area contributed by atoms with E-state index in [2.05, 4.69) is 42.7 Å². The molecule has 27 heavy (non-hydrogen) atoms. The third kappa shape index (κ3) is 3.38. The first kappa shape index (κ1) is 17.5. The number of aromatic nitrogens is 2. The van der Waals surface area contributed by atoms with E-state index >= 15 is 0 Å². The molecular weight excluding hydrogens is 408 g/mol. The highest BCUT2D eigenvalue weighted by atomic mass is 79.9. The number of halogens is 1. The standard InChI is InChI=1S/C20H17BrN4O2/c1-27-17-9-6-12(10-16(17)21)11-22-25-20(26)19-15-8-7-13-4-2-3-5-14(13)18(15)23-24-19/h2-6,9-11H,7-8H2,1H3,(H,23,24)(H,25,26). The Morgan fingerprint density at radius 3 is 2.96 bits per heavy atom. The molecule has 1 heterocycles. The van der Waals surface area contributed by atoms with Crippen LogP contribution in [0.15, 0.2) is 52.0 Å². The van der Waals surface area contributed by atoms with E-state index in [4.69, 9.17) is 4.74 Å². The number of benzene rings is 2. The molecule has 1 amide bonds. The third-order valence-corrected chi connectivity index (χ3v) is 5.19. The highest BCUT2D eigenvalue weighted by molar-refractivity contribution is 9.10. The number of fused-ring (bicyclic) bond motifs is 3. The van der Waals surface area contributed by atoms with Gasteiger partial charge in [-0.1, -0.05) is 24.3 Å². The number of nitrogens with zero attached hydrogens (tertiary/aromatic N) is 2. The summed E-state index contributed by atoms with van der Waals surface area (Å²) in [4.78, 5) is 12.5. The number of nitrogens with one attached hydrogen (secondary N) is 2. The summed E-state index contributed by atoms with van der Waals surface area (Å²) < 4.78 is 6.02. The van der Waals surface area contributed by atoms with Crippen molar-refractivity contribution in [2.75, 3.05) is 7.11 Å². The van der Waals surface area contributed by atoms with E-state index in [0.29, 0.717) is 5.69 Å². The number of rotatable bonds is 4. The van der Waals surface area contributed by atoms with Crippen molar-refractivity contribution < 1.29 is 9.53 Å². The maximum Gasteiger partial charge on any atom is 0.289 e. The highest BCUT2D eigenvalue weighted by Gasteiger charge is 2.24. The fraction of sp³-hybridized carbons (Fsp3) is 0.150. The van der Waals surface area contributed by atoms with Crippen LogP contribution >= 0.6 is 15.9 Å². The van der Waals surface area contributed by atoms with Gasteiger partial charge in [0.25, 0.3) is 5.91 Å². The summed E-state index contributed by atoms with van der Waals surface area (Å²) in [5.41, 5.74) is 8.00. The van der Waals surface area contributed by atoms with Crippen LogP contribution in [0.5, 0.6) is 5.75 Å². The van der Waals surface area contributed by atoms with Gasteiger partial charge in [0.2, 0.25) is 0 Å². The molecule has 2 aromatic carbocycles. The molecule has 0 saturated heterocycles. The first-order valence-corrected chi connectivity index (χ1v) is 9.29. The summed E-state index contributed by atoms with van der Waals surface area (Å²) in [6.07, 6.45) is 3.26. The Morgan fingerprint density at radius 2 is 2.15 bits per heavy atom. The Kier molecular flexibility index (Phi) is 4.77. The molecule has 6 nitrogen and oxygen atoms in total. The van der Waals surface area contributed by atoms with Gasteiger partial charge in [0, 0.05) is 11.1 Å². The number of carbonyl (C=O) groups excluding carboxylic acids is 1. The predicted octanol–water partition coefficient (Wildman–Crippen LogP) is 3.71. The van der Waals surface area contributed by atoms with Crippen molar-refractivity contribution in [2.24, 2.45) is 5.10 Å². The number of methoxy groups -OCH3 is 1. The zero-order valence-electron chi connectivity index (χ0n) is 14.6. The van der Waals surface area contributed by atoms with Crippen LogP contribution in [-0.2, 0) is 12.8 Å². The van der Waals surface area contributed by atoms with E-state index in [1.165, 1.54) is 5.56 Å². The van der Waals surface area contributed by atoms with Crippen molar-refractivity contribution in [1.29, 1.82) is 0 Å². The van der Waals surface area contributed by atoms with E-state index in [1.807, 2.05) is 36.4 Å². The normalized spacial score (nSPS) is 12.5. The monoisotopic (exact) mass is 424 g/mol. The third-order valence-electron chi connectivity index (χ3n) is 4.57. The number of aryl methyl sites for hydroxylation is 1. The minimum absolute atomic E-state index is 0.299. The lowest BCUT2D eigenvalue weighted by molar-refractivity contribution is 0.0949. The molecule has 1 aliphatic rings. The van der Waals surface area contributed by atoms with E-state index in [-0.39, 0.29) is 5.91 Å². The molecule has 0 aliphatic heterocycles. The Labute approximate surface area is 164 Å². The van der Waals surface area contributed by atoms with Gasteiger partial charge < -0.3 is 4.74 Å². The van der Waals surface area contributed by atoms with Crippen LogP contribution in [0.4, 0.5) is 0 Å². The average molecular weight is 425 g/mol. The highest BCUT2D eigenvalue weighted by Crippen LogP contribution is 2.33. The summed E-state index contributed by atoms with van der Waals surface area (Å²) in [6.45, 7) is 0. The number of aromatic amines is 1. The minimum atomic E-state index is -0.299. The zero-order valence-corrected chi connectivity index (χ0v) is 16.2. The van der Waals surface area contributed by atoms with Crippen molar-refractivity contribution in [3.63, 3.8) is 0 Å². The zero-order chi connectivity index (χ0) is 18.8. The molecule has 4 rings (SSSR count). The van der Waals surface area contributed by atoms with E-state index in [9.17, 15) is 4.79 Å². The first-order valence-electron chi connectivity index (χ1n) is 8.50. The molecular formula is C20H17BrN4O2. The van der Waals surface area contributed by atoms with Gasteiger partial charge in [0.15, 0.2) is 0 Å². The van der Waals surface area contributed by atoms with Crippen molar-refractivity contribution in [3.05, 3.63) is 69.3 Å². The van der Waals surface area contributed by atoms with Gasteiger partial charge in [0.05, 0.1) is 23.5 Å². The molecule has 0 radical (unpaired) electrons. The minimum Gasteiger partial charge on any atom is -0.496 e. The molecule has 0 fully saturated rings. The topological polar surface area (TPSA) is 79.4 Å². The molecule has 0 spiro atoms. The lowest BCUT2D eigenvalue weighted by Gasteiger charge is -2.15. The van der Waals surface area contributed by atoms with Crippen LogP contribution in [0.3, 0.4) is 0 Å². The molecule has 3 aromatic rings. The fourth-order valence-electron chi connectivity index (χ4n) is 3.23. The second kappa shape index (κ2) is 7.36. The van der Waals surface area contributed by atoms with Crippen LogP contribution in [0.2, 0.25) is 0 Å². The second-order valence-electron chi connectivity index (χ2n) is 6.18. The molecule has 0 saturated carbocycles. The quantitative estimate of drug-likeness (QED) is 0.494. The van der Waals surface area contributed by atoms with Crippen LogP contribution in [0.25, 0.3) is 11.3 Å². The van der Waals surface area contributed by atoms with E-state index in [1.54, 1.807) is 13.3 Å². The number of hydrazone groups is 1. The number of hydrogen-bond acceptors (Lipinski definition) is 4. The van der Waals surface area contributed by atoms with Gasteiger partial charge >= 0.3 is 0 Å². The summed E-state index contributed by atoms with van der Waals surface area (Å²) in [6, 6.07) is 13.7. The van der Waals surface area contributed by atoms with Gasteiger partial charge in [-0.25, -0.2) is 5.43 Å².